The fraction of sp³-hybridized carbons (Fsp3) is 0.385. The van der Waals surface area contributed by atoms with Crippen molar-refractivity contribution in [3.63, 3.8) is 0 Å². The third-order valence-corrected chi connectivity index (χ3v) is 3.91. The van der Waals surface area contributed by atoms with Crippen LogP contribution in [0.4, 0.5) is 0 Å². The van der Waals surface area contributed by atoms with Crippen LogP contribution in [0.2, 0.25) is 0 Å². The zero-order valence-electron chi connectivity index (χ0n) is 9.60. The summed E-state index contributed by atoms with van der Waals surface area (Å²) < 4.78 is 0. The third-order valence-electron chi connectivity index (χ3n) is 3.12. The molecule has 0 aliphatic carbocycles. The largest absolute Gasteiger partial charge is 0.316 e. The number of hydrogen-bond donors (Lipinski definition) is 1. The maximum atomic E-state index is 4.70. The van der Waals surface area contributed by atoms with Crippen molar-refractivity contribution in [2.75, 3.05) is 13.1 Å². The highest BCUT2D eigenvalue weighted by Gasteiger charge is 2.15. The van der Waals surface area contributed by atoms with Gasteiger partial charge in [0.15, 0.2) is 0 Å². The van der Waals surface area contributed by atoms with Gasteiger partial charge in [-0.05, 0) is 44.0 Å². The molecule has 4 heteroatoms. The molecule has 0 amide bonds. The minimum atomic E-state index is 0.744. The first-order valence-corrected chi connectivity index (χ1v) is 6.86. The Hall–Kier alpha value is -1.26. The molecule has 1 aliphatic rings. The molecule has 0 unspecified atom stereocenters. The van der Waals surface area contributed by atoms with Gasteiger partial charge in [0.25, 0.3) is 0 Å². The Bertz CT molecular complexity index is 475. The molecule has 2 aromatic heterocycles. The topological polar surface area (TPSA) is 37.8 Å². The Balaban J connectivity index is 1.79. The van der Waals surface area contributed by atoms with E-state index in [0.29, 0.717) is 0 Å². The zero-order valence-corrected chi connectivity index (χ0v) is 10.4. The second-order valence-electron chi connectivity index (χ2n) is 4.41. The van der Waals surface area contributed by atoms with E-state index in [1.54, 1.807) is 11.3 Å². The van der Waals surface area contributed by atoms with Gasteiger partial charge in [0, 0.05) is 17.3 Å². The predicted molar refractivity (Wildman–Crippen MR) is 70.0 cm³/mol. The molecule has 2 aromatic rings. The lowest BCUT2D eigenvalue weighted by Crippen LogP contribution is -2.11. The van der Waals surface area contributed by atoms with Crippen LogP contribution in [0.15, 0.2) is 29.8 Å². The van der Waals surface area contributed by atoms with E-state index in [1.807, 2.05) is 17.6 Å². The van der Waals surface area contributed by atoms with Crippen molar-refractivity contribution >= 4 is 11.3 Å². The SMILES string of the molecule is c1cc(C[C@@H]2CCNC2)nc(-c2nccs2)c1. The molecule has 1 fully saturated rings. The lowest BCUT2D eigenvalue weighted by Gasteiger charge is -2.07. The molecule has 1 atom stereocenters. The fourth-order valence-corrected chi connectivity index (χ4v) is 2.85. The Morgan fingerprint density at radius 2 is 2.41 bits per heavy atom. The van der Waals surface area contributed by atoms with Gasteiger partial charge >= 0.3 is 0 Å². The number of aromatic nitrogens is 2. The summed E-state index contributed by atoms with van der Waals surface area (Å²) in [6.45, 7) is 2.28. The molecule has 88 valence electrons. The van der Waals surface area contributed by atoms with E-state index in [4.69, 9.17) is 4.98 Å². The number of nitrogens with zero attached hydrogens (tertiary/aromatic N) is 2. The van der Waals surface area contributed by atoms with E-state index < -0.39 is 0 Å². The van der Waals surface area contributed by atoms with Crippen molar-refractivity contribution in [2.45, 2.75) is 12.8 Å². The van der Waals surface area contributed by atoms with Gasteiger partial charge in [0.2, 0.25) is 0 Å². The van der Waals surface area contributed by atoms with E-state index in [1.165, 1.54) is 12.1 Å². The van der Waals surface area contributed by atoms with Crippen molar-refractivity contribution < 1.29 is 0 Å². The average Bonchev–Trinajstić information content (AvgIpc) is 3.01. The fourth-order valence-electron chi connectivity index (χ4n) is 2.25. The Morgan fingerprint density at radius 1 is 1.41 bits per heavy atom. The molecule has 0 radical (unpaired) electrons. The van der Waals surface area contributed by atoms with Crippen LogP contribution in [-0.4, -0.2) is 23.1 Å². The van der Waals surface area contributed by atoms with Crippen LogP contribution in [0.25, 0.3) is 10.7 Å². The highest BCUT2D eigenvalue weighted by atomic mass is 32.1. The second kappa shape index (κ2) is 4.94. The Kier molecular flexibility index (Phi) is 3.16. The number of nitrogens with one attached hydrogen (secondary N) is 1. The van der Waals surface area contributed by atoms with Crippen molar-refractivity contribution in [3.05, 3.63) is 35.5 Å². The van der Waals surface area contributed by atoms with Gasteiger partial charge in [-0.15, -0.1) is 11.3 Å². The number of hydrogen-bond acceptors (Lipinski definition) is 4. The van der Waals surface area contributed by atoms with Crippen LogP contribution in [0.5, 0.6) is 0 Å². The number of pyridine rings is 1. The zero-order chi connectivity index (χ0) is 11.5. The summed E-state index contributed by atoms with van der Waals surface area (Å²) in [5.74, 6) is 0.744. The maximum Gasteiger partial charge on any atom is 0.141 e. The molecule has 3 heterocycles. The minimum Gasteiger partial charge on any atom is -0.316 e. The molecule has 1 aliphatic heterocycles. The summed E-state index contributed by atoms with van der Waals surface area (Å²) in [5.41, 5.74) is 2.19. The summed E-state index contributed by atoms with van der Waals surface area (Å²) in [7, 11) is 0. The standard InChI is InChI=1S/C13H15N3S/c1-2-11(8-10-4-5-14-9-10)16-12(3-1)13-15-6-7-17-13/h1-3,6-7,10,14H,4-5,8-9H2/t10-/m0/s1. The molecule has 0 aromatic carbocycles. The molecule has 3 rings (SSSR count). The first-order valence-electron chi connectivity index (χ1n) is 5.98. The van der Waals surface area contributed by atoms with Gasteiger partial charge in [-0.25, -0.2) is 4.98 Å². The Morgan fingerprint density at radius 3 is 3.18 bits per heavy atom. The lowest BCUT2D eigenvalue weighted by atomic mass is 10.0. The van der Waals surface area contributed by atoms with Crippen LogP contribution < -0.4 is 5.32 Å². The summed E-state index contributed by atoms with van der Waals surface area (Å²) in [6, 6.07) is 6.24. The molecular weight excluding hydrogens is 230 g/mol. The van der Waals surface area contributed by atoms with Crippen LogP contribution in [0.1, 0.15) is 12.1 Å². The monoisotopic (exact) mass is 245 g/mol. The minimum absolute atomic E-state index is 0.744. The van der Waals surface area contributed by atoms with Gasteiger partial charge < -0.3 is 5.32 Å². The summed E-state index contributed by atoms with van der Waals surface area (Å²) >= 11 is 1.64. The molecule has 0 saturated carbocycles. The van der Waals surface area contributed by atoms with E-state index in [-0.39, 0.29) is 0 Å². The number of thiazole rings is 1. The van der Waals surface area contributed by atoms with Crippen molar-refractivity contribution in [1.29, 1.82) is 0 Å². The van der Waals surface area contributed by atoms with Crippen LogP contribution in [0, 0.1) is 5.92 Å². The predicted octanol–water partition coefficient (Wildman–Crippen LogP) is 2.36. The van der Waals surface area contributed by atoms with E-state index in [2.05, 4.69) is 22.4 Å². The van der Waals surface area contributed by atoms with E-state index in [9.17, 15) is 0 Å². The van der Waals surface area contributed by atoms with Gasteiger partial charge in [0.05, 0.1) is 5.69 Å². The first kappa shape index (κ1) is 10.9. The maximum absolute atomic E-state index is 4.70. The molecule has 1 N–H and O–H groups in total. The third kappa shape index (κ3) is 2.53. The molecule has 0 spiro atoms. The van der Waals surface area contributed by atoms with Gasteiger partial charge in [-0.2, -0.15) is 0 Å². The lowest BCUT2D eigenvalue weighted by molar-refractivity contribution is 0.572. The van der Waals surface area contributed by atoms with Gasteiger partial charge in [-0.3, -0.25) is 4.98 Å². The normalized spacial score (nSPS) is 19.6. The highest BCUT2D eigenvalue weighted by Crippen LogP contribution is 2.21. The van der Waals surface area contributed by atoms with E-state index >= 15 is 0 Å². The van der Waals surface area contributed by atoms with Crippen LogP contribution in [0.3, 0.4) is 0 Å². The van der Waals surface area contributed by atoms with Gasteiger partial charge in [-0.1, -0.05) is 6.07 Å². The molecule has 3 nitrogen and oxygen atoms in total. The van der Waals surface area contributed by atoms with Crippen LogP contribution in [-0.2, 0) is 6.42 Å². The van der Waals surface area contributed by atoms with Crippen LogP contribution >= 0.6 is 11.3 Å². The van der Waals surface area contributed by atoms with Crippen molar-refractivity contribution in [3.8, 4) is 10.7 Å². The summed E-state index contributed by atoms with van der Waals surface area (Å²) in [4.78, 5) is 9.00. The average molecular weight is 245 g/mol. The van der Waals surface area contributed by atoms with E-state index in [0.717, 1.165) is 36.1 Å². The molecule has 1 saturated heterocycles. The van der Waals surface area contributed by atoms with Crippen molar-refractivity contribution in [1.82, 2.24) is 15.3 Å². The quantitative estimate of drug-likeness (QED) is 0.902. The second-order valence-corrected chi connectivity index (χ2v) is 5.31. The van der Waals surface area contributed by atoms with Gasteiger partial charge in [0.1, 0.15) is 5.01 Å². The highest BCUT2D eigenvalue weighted by molar-refractivity contribution is 7.13. The molecule has 0 bridgehead atoms. The first-order chi connectivity index (χ1) is 8.42. The summed E-state index contributed by atoms with van der Waals surface area (Å²) in [6.07, 6.45) is 4.17. The number of rotatable bonds is 3. The molecule has 17 heavy (non-hydrogen) atoms. The smallest absolute Gasteiger partial charge is 0.141 e. The van der Waals surface area contributed by atoms with Crippen molar-refractivity contribution in [2.24, 2.45) is 5.92 Å². The summed E-state index contributed by atoms with van der Waals surface area (Å²) in [5, 5.41) is 6.40. The molecular formula is C13H15N3S. The Labute approximate surface area is 105 Å².